The van der Waals surface area contributed by atoms with Gasteiger partial charge >= 0.3 is 0 Å². The Kier molecular flexibility index (Phi) is 6.79. The van der Waals surface area contributed by atoms with Crippen LogP contribution in [0.15, 0.2) is 88.7 Å². The molecule has 0 bridgehead atoms. The maximum Gasteiger partial charge on any atom is 0.278 e. The molecule has 0 aliphatic rings. The number of methoxy groups -OCH3 is 2. The number of ether oxygens (including phenoxy) is 2. The number of hydrogen-bond acceptors (Lipinski definition) is 8. The number of aromatic nitrogens is 4. The van der Waals surface area contributed by atoms with Gasteiger partial charge in [0.25, 0.3) is 15.9 Å². The highest BCUT2D eigenvalue weighted by atomic mass is 32.2. The fraction of sp³-hybridized carbons (Fsp3) is 0.115. The van der Waals surface area contributed by atoms with Crippen molar-refractivity contribution in [2.45, 2.75) is 11.4 Å². The maximum absolute atomic E-state index is 13.5. The molecule has 0 saturated carbocycles. The van der Waals surface area contributed by atoms with Gasteiger partial charge < -0.3 is 18.6 Å². The molecule has 12 heteroatoms. The van der Waals surface area contributed by atoms with Crippen molar-refractivity contribution in [3.8, 4) is 34.5 Å². The van der Waals surface area contributed by atoms with Gasteiger partial charge in [-0.15, -0.1) is 0 Å². The molecule has 0 amide bonds. The molecule has 5 aromatic rings. The van der Waals surface area contributed by atoms with Crippen LogP contribution in [0.2, 0.25) is 0 Å². The topological polar surface area (TPSA) is 121 Å². The number of hydrogen-bond donors (Lipinski definition) is 1. The summed E-state index contributed by atoms with van der Waals surface area (Å²) in [5.74, 6) is 0.835. The summed E-state index contributed by atoms with van der Waals surface area (Å²) in [5.41, 5.74) is 2.29. The van der Waals surface area contributed by atoms with E-state index in [2.05, 4.69) is 19.8 Å². The van der Waals surface area contributed by atoms with Crippen molar-refractivity contribution >= 4 is 15.7 Å². The van der Waals surface area contributed by atoms with Crippen LogP contribution in [0, 0.1) is 5.82 Å². The first kappa shape index (κ1) is 25.0. The Balaban J connectivity index is 1.25. The minimum atomic E-state index is -3.84. The molecule has 0 spiro atoms. The highest BCUT2D eigenvalue weighted by Gasteiger charge is 2.18. The van der Waals surface area contributed by atoms with Gasteiger partial charge in [0.1, 0.15) is 11.5 Å². The van der Waals surface area contributed by atoms with E-state index in [1.54, 1.807) is 48.9 Å². The van der Waals surface area contributed by atoms with E-state index in [1.165, 1.54) is 44.6 Å². The molecule has 0 fully saturated rings. The van der Waals surface area contributed by atoms with Gasteiger partial charge in [-0.2, -0.15) is 4.98 Å². The zero-order valence-electron chi connectivity index (χ0n) is 20.3. The summed E-state index contributed by atoms with van der Waals surface area (Å²) in [5, 5.41) is 3.90. The first-order valence-corrected chi connectivity index (χ1v) is 12.8. The third kappa shape index (κ3) is 5.34. The molecule has 0 aliphatic heterocycles. The van der Waals surface area contributed by atoms with Crippen LogP contribution < -0.4 is 14.2 Å². The zero-order chi connectivity index (χ0) is 26.7. The molecular weight excluding hydrogens is 513 g/mol. The van der Waals surface area contributed by atoms with E-state index >= 15 is 0 Å². The fourth-order valence-corrected chi connectivity index (χ4v) is 4.79. The number of halogens is 1. The summed E-state index contributed by atoms with van der Waals surface area (Å²) in [7, 11) is -0.916. The highest BCUT2D eigenvalue weighted by molar-refractivity contribution is 7.92. The zero-order valence-corrected chi connectivity index (χ0v) is 21.1. The smallest absolute Gasteiger partial charge is 0.278 e. The predicted molar refractivity (Wildman–Crippen MR) is 137 cm³/mol. The summed E-state index contributed by atoms with van der Waals surface area (Å²) in [6.45, 7) is 0.473. The second kappa shape index (κ2) is 10.3. The van der Waals surface area contributed by atoms with Crippen LogP contribution in [0.1, 0.15) is 5.56 Å². The van der Waals surface area contributed by atoms with E-state index in [9.17, 15) is 12.8 Å². The van der Waals surface area contributed by atoms with Crippen molar-refractivity contribution in [1.29, 1.82) is 0 Å². The third-order valence-corrected chi connectivity index (χ3v) is 6.98. The molecule has 38 heavy (non-hydrogen) atoms. The van der Waals surface area contributed by atoms with Gasteiger partial charge in [0.2, 0.25) is 5.82 Å². The molecule has 3 aromatic carbocycles. The molecule has 194 valence electrons. The van der Waals surface area contributed by atoms with Crippen LogP contribution in [-0.4, -0.2) is 42.3 Å². The van der Waals surface area contributed by atoms with Gasteiger partial charge in [0.15, 0.2) is 11.5 Å². The first-order valence-electron chi connectivity index (χ1n) is 11.3. The van der Waals surface area contributed by atoms with Crippen molar-refractivity contribution in [3.05, 3.63) is 90.6 Å². The van der Waals surface area contributed by atoms with Crippen LogP contribution in [0.5, 0.6) is 11.5 Å². The predicted octanol–water partition coefficient (Wildman–Crippen LogP) is 4.61. The number of anilines is 1. The van der Waals surface area contributed by atoms with Crippen LogP contribution in [0.3, 0.4) is 0 Å². The van der Waals surface area contributed by atoms with E-state index in [-0.39, 0.29) is 16.6 Å². The second-order valence-corrected chi connectivity index (χ2v) is 9.87. The minimum absolute atomic E-state index is 0.0479. The number of rotatable bonds is 9. The van der Waals surface area contributed by atoms with Crippen molar-refractivity contribution in [1.82, 2.24) is 19.7 Å². The van der Waals surface area contributed by atoms with Crippen molar-refractivity contribution in [2.24, 2.45) is 0 Å². The van der Waals surface area contributed by atoms with Crippen molar-refractivity contribution in [3.63, 3.8) is 0 Å². The summed E-state index contributed by atoms with van der Waals surface area (Å²) in [6, 6.07) is 17.3. The first-order chi connectivity index (χ1) is 18.3. The standard InChI is InChI=1S/C26H22FN5O5S/c1-35-23-11-10-21(13-24(23)36-2)38(33,34)31-20-8-6-17(7-9-20)14-32-15-22(28-16-32)26-29-25(30-37-26)18-4-3-5-19(27)12-18/h3-13,15-16,31H,14H2,1-2H3. The van der Waals surface area contributed by atoms with Gasteiger partial charge in [-0.1, -0.05) is 29.4 Å². The minimum Gasteiger partial charge on any atom is -0.493 e. The van der Waals surface area contributed by atoms with Crippen molar-refractivity contribution in [2.75, 3.05) is 18.9 Å². The Labute approximate surface area is 217 Å². The number of imidazole rings is 1. The molecule has 0 unspecified atom stereocenters. The number of sulfonamides is 1. The lowest BCUT2D eigenvalue weighted by atomic mass is 10.2. The van der Waals surface area contributed by atoms with Gasteiger partial charge in [-0.3, -0.25) is 4.72 Å². The van der Waals surface area contributed by atoms with Gasteiger partial charge in [0, 0.05) is 30.1 Å². The lowest BCUT2D eigenvalue weighted by Gasteiger charge is -2.12. The Morgan fingerprint density at radius 1 is 1.00 bits per heavy atom. The van der Waals surface area contributed by atoms with E-state index in [0.29, 0.717) is 35.0 Å². The van der Waals surface area contributed by atoms with Crippen LogP contribution in [-0.2, 0) is 16.6 Å². The maximum atomic E-state index is 13.5. The average Bonchev–Trinajstić information content (AvgIpc) is 3.59. The summed E-state index contributed by atoms with van der Waals surface area (Å²) in [4.78, 5) is 8.67. The summed E-state index contributed by atoms with van der Waals surface area (Å²) >= 11 is 0. The van der Waals surface area contributed by atoms with Gasteiger partial charge in [-0.25, -0.2) is 17.8 Å². The Morgan fingerprint density at radius 3 is 2.53 bits per heavy atom. The quantitative estimate of drug-likeness (QED) is 0.291. The van der Waals surface area contributed by atoms with E-state index < -0.39 is 15.8 Å². The fourth-order valence-electron chi connectivity index (χ4n) is 3.72. The van der Waals surface area contributed by atoms with E-state index in [1.807, 2.05) is 4.57 Å². The molecule has 2 heterocycles. The monoisotopic (exact) mass is 535 g/mol. The largest absolute Gasteiger partial charge is 0.493 e. The lowest BCUT2D eigenvalue weighted by Crippen LogP contribution is -2.13. The Hall–Kier alpha value is -4.71. The number of nitrogens with zero attached hydrogens (tertiary/aromatic N) is 4. The SMILES string of the molecule is COc1ccc(S(=O)(=O)Nc2ccc(Cn3cnc(-c4nc(-c5cccc(F)c5)no4)c3)cc2)cc1OC. The summed E-state index contributed by atoms with van der Waals surface area (Å²) in [6.07, 6.45) is 3.37. The Bertz CT molecular complexity index is 1680. The van der Waals surface area contributed by atoms with Gasteiger partial charge in [0.05, 0.1) is 25.4 Å². The number of benzene rings is 3. The average molecular weight is 536 g/mol. The summed E-state index contributed by atoms with van der Waals surface area (Å²) < 4.78 is 59.2. The van der Waals surface area contributed by atoms with E-state index in [0.717, 1.165) is 5.56 Å². The molecule has 2 aromatic heterocycles. The molecule has 1 N–H and O–H groups in total. The van der Waals surface area contributed by atoms with Gasteiger partial charge in [-0.05, 0) is 42.0 Å². The molecule has 5 rings (SSSR count). The van der Waals surface area contributed by atoms with Crippen LogP contribution in [0.4, 0.5) is 10.1 Å². The van der Waals surface area contributed by atoms with Crippen LogP contribution in [0.25, 0.3) is 23.0 Å². The van der Waals surface area contributed by atoms with E-state index in [4.69, 9.17) is 14.0 Å². The van der Waals surface area contributed by atoms with Crippen molar-refractivity contribution < 1.29 is 26.8 Å². The normalized spacial score (nSPS) is 11.3. The van der Waals surface area contributed by atoms with Crippen LogP contribution >= 0.6 is 0 Å². The molecule has 0 radical (unpaired) electrons. The number of nitrogens with one attached hydrogen (secondary N) is 1. The molecule has 0 aliphatic carbocycles. The second-order valence-electron chi connectivity index (χ2n) is 8.18. The molecule has 10 nitrogen and oxygen atoms in total. The highest BCUT2D eigenvalue weighted by Crippen LogP contribution is 2.30. The molecule has 0 atom stereocenters. The molecular formula is C26H22FN5O5S. The Morgan fingerprint density at radius 2 is 1.79 bits per heavy atom. The third-order valence-electron chi connectivity index (χ3n) is 5.60. The lowest BCUT2D eigenvalue weighted by molar-refractivity contribution is 0.354. The molecule has 0 saturated heterocycles.